The topological polar surface area (TPSA) is 117 Å². The molecule has 0 heterocycles. The summed E-state index contributed by atoms with van der Waals surface area (Å²) in [5.74, 6) is -0.487. The van der Waals surface area contributed by atoms with Crippen molar-refractivity contribution in [2.75, 3.05) is 26.4 Å². The van der Waals surface area contributed by atoms with Crippen molar-refractivity contribution in [2.24, 2.45) is 0 Å². The van der Waals surface area contributed by atoms with E-state index in [1.165, 1.54) is 0 Å². The Labute approximate surface area is 254 Å². The Morgan fingerprint density at radius 1 is 0.610 bits per heavy atom. The Kier molecular flexibility index (Phi) is 21.4. The summed E-state index contributed by atoms with van der Waals surface area (Å²) in [6.45, 7) is 9.54. The van der Waals surface area contributed by atoms with E-state index in [-0.39, 0.29) is 41.8 Å². The molecule has 1 radical (unpaired) electrons. The summed E-state index contributed by atoms with van der Waals surface area (Å²) >= 11 is 0. The molecule has 0 amide bonds. The predicted octanol–water partition coefficient (Wildman–Crippen LogP) is 5.04. The molecule has 0 bridgehead atoms. The number of carbonyl (C=O) groups is 2. The summed E-state index contributed by atoms with van der Waals surface area (Å²) in [5.41, 5.74) is 0.887. The van der Waals surface area contributed by atoms with Crippen LogP contribution in [0.5, 0.6) is 11.5 Å². The largest absolute Gasteiger partial charge is 2.00 e. The second-order valence-corrected chi connectivity index (χ2v) is 8.68. The van der Waals surface area contributed by atoms with Crippen molar-refractivity contribution in [1.29, 1.82) is 0 Å². The molecule has 9 heteroatoms. The van der Waals surface area contributed by atoms with Gasteiger partial charge in [-0.2, -0.15) is 0 Å². The second-order valence-electron chi connectivity index (χ2n) is 8.68. The zero-order chi connectivity index (χ0) is 29.6. The molecular formula is C32H42CuO8. The first-order valence-electron chi connectivity index (χ1n) is 13.9. The summed E-state index contributed by atoms with van der Waals surface area (Å²) in [5, 5.41) is 23.5. The molecule has 0 fully saturated rings. The van der Waals surface area contributed by atoms with E-state index >= 15 is 0 Å². The van der Waals surface area contributed by atoms with Crippen LogP contribution in [0.2, 0.25) is 0 Å². The van der Waals surface area contributed by atoms with Gasteiger partial charge in [0.25, 0.3) is 0 Å². The van der Waals surface area contributed by atoms with E-state index in [9.17, 15) is 19.8 Å². The molecule has 0 aliphatic carbocycles. The van der Waals surface area contributed by atoms with Crippen LogP contribution in [0, 0.1) is 0 Å². The number of hydrogen-bond donors (Lipinski definition) is 0. The molecule has 0 spiro atoms. The fourth-order valence-electron chi connectivity index (χ4n) is 3.26. The number of ether oxygens (including phenoxy) is 4. The molecular weight excluding hydrogens is 576 g/mol. The SMILES string of the molecule is CCCCCOc1ccc(/C([O-])=C\C(=O)OCC)cc1.CCCCCOc1ccc(/C([O-])=C\C(=O)OCC)cc1.[Cu+2]. The van der Waals surface area contributed by atoms with Gasteiger partial charge in [-0.25, -0.2) is 9.59 Å². The third-order valence-corrected chi connectivity index (χ3v) is 5.38. The normalized spacial score (nSPS) is 10.9. The summed E-state index contributed by atoms with van der Waals surface area (Å²) in [6.07, 6.45) is 8.56. The molecule has 0 aliphatic heterocycles. The van der Waals surface area contributed by atoms with Gasteiger partial charge in [0.05, 0.1) is 26.4 Å². The molecule has 2 rings (SSSR count). The van der Waals surface area contributed by atoms with Crippen molar-refractivity contribution < 1.29 is 55.8 Å². The quantitative estimate of drug-likeness (QED) is 0.0846. The van der Waals surface area contributed by atoms with Crippen LogP contribution in [0.15, 0.2) is 60.7 Å². The maximum Gasteiger partial charge on any atom is 2.00 e. The number of rotatable bonds is 16. The molecule has 0 saturated carbocycles. The average Bonchev–Trinajstić information content (AvgIpc) is 2.94. The molecule has 0 N–H and O–H groups in total. The van der Waals surface area contributed by atoms with Gasteiger partial charge >= 0.3 is 29.0 Å². The minimum atomic E-state index is -0.614. The van der Waals surface area contributed by atoms with Gasteiger partial charge in [0.2, 0.25) is 0 Å². The van der Waals surface area contributed by atoms with E-state index in [4.69, 9.17) is 18.9 Å². The van der Waals surface area contributed by atoms with Gasteiger partial charge in [-0.05, 0) is 62.1 Å². The Balaban J connectivity index is 0.000000762. The van der Waals surface area contributed by atoms with Crippen LogP contribution in [0.3, 0.4) is 0 Å². The third-order valence-electron chi connectivity index (χ3n) is 5.38. The smallest absolute Gasteiger partial charge is 0.872 e. The first-order valence-corrected chi connectivity index (χ1v) is 13.9. The zero-order valence-electron chi connectivity index (χ0n) is 24.4. The summed E-state index contributed by atoms with van der Waals surface area (Å²) in [7, 11) is 0. The van der Waals surface area contributed by atoms with Crippen molar-refractivity contribution >= 4 is 23.5 Å². The third kappa shape index (κ3) is 17.1. The second kappa shape index (κ2) is 23.3. The first-order chi connectivity index (χ1) is 19.3. The van der Waals surface area contributed by atoms with Gasteiger partial charge in [0, 0.05) is 12.2 Å². The van der Waals surface area contributed by atoms with Gasteiger partial charge in [-0.15, -0.1) is 0 Å². The Morgan fingerprint density at radius 3 is 1.24 bits per heavy atom. The van der Waals surface area contributed by atoms with Crippen molar-refractivity contribution in [3.05, 3.63) is 71.8 Å². The molecule has 229 valence electrons. The van der Waals surface area contributed by atoms with Gasteiger partial charge in [-0.3, -0.25) is 0 Å². The molecule has 0 aliphatic rings. The monoisotopic (exact) mass is 617 g/mol. The summed E-state index contributed by atoms with van der Waals surface area (Å²) < 4.78 is 20.5. The van der Waals surface area contributed by atoms with Crippen LogP contribution in [0.4, 0.5) is 0 Å². The Morgan fingerprint density at radius 2 is 0.951 bits per heavy atom. The van der Waals surface area contributed by atoms with Crippen molar-refractivity contribution in [1.82, 2.24) is 0 Å². The van der Waals surface area contributed by atoms with Gasteiger partial charge in [-0.1, -0.05) is 75.3 Å². The van der Waals surface area contributed by atoms with E-state index < -0.39 is 11.9 Å². The van der Waals surface area contributed by atoms with E-state index in [0.29, 0.717) is 24.3 Å². The molecule has 0 unspecified atom stereocenters. The van der Waals surface area contributed by atoms with Crippen LogP contribution in [0.25, 0.3) is 11.5 Å². The fraction of sp³-hybridized carbons (Fsp3) is 0.438. The van der Waals surface area contributed by atoms with Crippen LogP contribution in [-0.2, 0) is 36.1 Å². The minimum Gasteiger partial charge on any atom is -0.872 e. The van der Waals surface area contributed by atoms with Crippen molar-refractivity contribution in [3.63, 3.8) is 0 Å². The first kappa shape index (κ1) is 37.6. The van der Waals surface area contributed by atoms with Gasteiger partial charge in [0.1, 0.15) is 11.5 Å². The molecule has 2 aromatic rings. The predicted molar refractivity (Wildman–Crippen MR) is 152 cm³/mol. The summed E-state index contributed by atoms with van der Waals surface area (Å²) in [4.78, 5) is 22.3. The number of esters is 2. The van der Waals surface area contributed by atoms with Crippen LogP contribution in [0.1, 0.15) is 77.3 Å². The number of benzene rings is 2. The number of hydrogen-bond acceptors (Lipinski definition) is 8. The van der Waals surface area contributed by atoms with Crippen LogP contribution >= 0.6 is 0 Å². The Hall–Kier alpha value is -3.42. The fourth-order valence-corrected chi connectivity index (χ4v) is 3.26. The van der Waals surface area contributed by atoms with E-state index in [0.717, 1.165) is 62.2 Å². The molecule has 0 saturated heterocycles. The minimum absolute atomic E-state index is 0. The van der Waals surface area contributed by atoms with E-state index in [1.54, 1.807) is 62.4 Å². The average molecular weight is 618 g/mol. The maximum atomic E-state index is 11.7. The standard InChI is InChI=1S/2C16H22O4.Cu/c2*1-3-5-6-11-20-14-9-7-13(8-10-14)15(17)12-16(18)19-4-2;/h2*7-10,12,17H,3-6,11H2,1-2H3;/q;;+2/p-2/b2*15-12+;. The van der Waals surface area contributed by atoms with Gasteiger partial charge < -0.3 is 29.2 Å². The summed E-state index contributed by atoms with van der Waals surface area (Å²) in [6, 6.07) is 13.5. The van der Waals surface area contributed by atoms with Crippen LogP contribution < -0.4 is 19.7 Å². The van der Waals surface area contributed by atoms with E-state index in [1.807, 2.05) is 0 Å². The van der Waals surface area contributed by atoms with Crippen LogP contribution in [-0.4, -0.2) is 38.4 Å². The number of carbonyl (C=O) groups excluding carboxylic acids is 2. The number of unbranched alkanes of at least 4 members (excludes halogenated alkanes) is 4. The van der Waals surface area contributed by atoms with Crippen molar-refractivity contribution in [2.45, 2.75) is 66.2 Å². The van der Waals surface area contributed by atoms with E-state index in [2.05, 4.69) is 13.8 Å². The molecule has 8 nitrogen and oxygen atoms in total. The maximum absolute atomic E-state index is 11.7. The molecule has 0 aromatic heterocycles. The zero-order valence-corrected chi connectivity index (χ0v) is 25.4. The molecule has 2 aromatic carbocycles. The Bertz CT molecular complexity index is 961. The molecule has 41 heavy (non-hydrogen) atoms. The molecule has 0 atom stereocenters. The van der Waals surface area contributed by atoms with Gasteiger partial charge in [0.15, 0.2) is 0 Å². The van der Waals surface area contributed by atoms with Crippen molar-refractivity contribution in [3.8, 4) is 11.5 Å².